The van der Waals surface area contributed by atoms with Crippen molar-refractivity contribution in [3.05, 3.63) is 0 Å². The number of β-amino-alcohol motifs (C(OH)–C–C–N with tert-alkyl or cyclic N) is 1. The van der Waals surface area contributed by atoms with Crippen LogP contribution in [0.4, 0.5) is 0 Å². The van der Waals surface area contributed by atoms with Crippen LogP contribution in [0.3, 0.4) is 0 Å². The SMILES string of the molecule is CCCC1(O)CN(C(=O)C(C)CCN)C1. The molecule has 0 spiro atoms. The van der Waals surface area contributed by atoms with Crippen molar-refractivity contribution in [2.24, 2.45) is 11.7 Å². The molecule has 1 heterocycles. The Hall–Kier alpha value is -0.610. The number of hydrogen-bond donors (Lipinski definition) is 2. The van der Waals surface area contributed by atoms with Gasteiger partial charge in [0.15, 0.2) is 0 Å². The van der Waals surface area contributed by atoms with E-state index >= 15 is 0 Å². The van der Waals surface area contributed by atoms with Crippen LogP contribution in [0.2, 0.25) is 0 Å². The molecule has 0 aliphatic carbocycles. The van der Waals surface area contributed by atoms with Gasteiger partial charge in [0.2, 0.25) is 5.91 Å². The van der Waals surface area contributed by atoms with E-state index in [1.165, 1.54) is 0 Å². The number of carbonyl (C=O) groups is 1. The number of likely N-dealkylation sites (tertiary alicyclic amines) is 1. The molecule has 0 bridgehead atoms. The molecule has 15 heavy (non-hydrogen) atoms. The molecule has 0 saturated carbocycles. The third-order valence-corrected chi connectivity index (χ3v) is 3.02. The Kier molecular flexibility index (Phi) is 4.11. The van der Waals surface area contributed by atoms with Crippen LogP contribution < -0.4 is 5.73 Å². The fourth-order valence-corrected chi connectivity index (χ4v) is 2.13. The Morgan fingerprint density at radius 2 is 2.20 bits per heavy atom. The highest BCUT2D eigenvalue weighted by Gasteiger charge is 2.43. The van der Waals surface area contributed by atoms with Crippen molar-refractivity contribution >= 4 is 5.91 Å². The van der Waals surface area contributed by atoms with Crippen LogP contribution in [0, 0.1) is 5.92 Å². The minimum absolute atomic E-state index is 0.0128. The molecule has 3 N–H and O–H groups in total. The van der Waals surface area contributed by atoms with Gasteiger partial charge in [-0.2, -0.15) is 0 Å². The van der Waals surface area contributed by atoms with Crippen LogP contribution in [0.5, 0.6) is 0 Å². The number of hydrogen-bond acceptors (Lipinski definition) is 3. The molecular weight excluding hydrogens is 192 g/mol. The molecule has 1 saturated heterocycles. The quantitative estimate of drug-likeness (QED) is 0.693. The second kappa shape index (κ2) is 4.94. The van der Waals surface area contributed by atoms with E-state index in [0.29, 0.717) is 19.6 Å². The molecule has 1 aliphatic rings. The molecule has 1 atom stereocenters. The van der Waals surface area contributed by atoms with Gasteiger partial charge in [-0.25, -0.2) is 0 Å². The summed E-state index contributed by atoms with van der Waals surface area (Å²) < 4.78 is 0. The first-order chi connectivity index (χ1) is 7.02. The summed E-state index contributed by atoms with van der Waals surface area (Å²) in [6.45, 7) is 5.47. The molecule has 1 rings (SSSR count). The Morgan fingerprint density at radius 3 is 2.67 bits per heavy atom. The van der Waals surface area contributed by atoms with Gasteiger partial charge in [0, 0.05) is 5.92 Å². The summed E-state index contributed by atoms with van der Waals surface area (Å²) in [5.41, 5.74) is 4.79. The lowest BCUT2D eigenvalue weighted by atomic mass is 9.88. The van der Waals surface area contributed by atoms with E-state index in [9.17, 15) is 9.90 Å². The van der Waals surface area contributed by atoms with Gasteiger partial charge >= 0.3 is 0 Å². The first kappa shape index (κ1) is 12.5. The van der Waals surface area contributed by atoms with Crippen molar-refractivity contribution in [2.75, 3.05) is 19.6 Å². The molecule has 0 aromatic heterocycles. The summed E-state index contributed by atoms with van der Waals surface area (Å²) in [6.07, 6.45) is 2.46. The maximum atomic E-state index is 11.8. The predicted octanol–water partition coefficient (Wildman–Crippen LogP) is 0.345. The lowest BCUT2D eigenvalue weighted by Crippen LogP contribution is -2.64. The van der Waals surface area contributed by atoms with Gasteiger partial charge in [0.25, 0.3) is 0 Å². The van der Waals surface area contributed by atoms with Gasteiger partial charge in [0.1, 0.15) is 0 Å². The molecule has 0 aromatic rings. The number of aliphatic hydroxyl groups is 1. The standard InChI is InChI=1S/C11H22N2O2/c1-3-5-11(15)7-13(8-11)10(14)9(2)4-6-12/h9,15H,3-8,12H2,1-2H3. The monoisotopic (exact) mass is 214 g/mol. The number of amides is 1. The summed E-state index contributed by atoms with van der Waals surface area (Å²) in [5.74, 6) is 0.113. The Bertz CT molecular complexity index is 225. The largest absolute Gasteiger partial charge is 0.386 e. The molecule has 1 fully saturated rings. The normalized spacial score (nSPS) is 20.9. The first-order valence-corrected chi connectivity index (χ1v) is 5.73. The maximum Gasteiger partial charge on any atom is 0.225 e. The van der Waals surface area contributed by atoms with E-state index in [1.807, 2.05) is 13.8 Å². The Balaban J connectivity index is 2.34. The fourth-order valence-electron chi connectivity index (χ4n) is 2.13. The number of nitrogens with zero attached hydrogens (tertiary/aromatic N) is 1. The van der Waals surface area contributed by atoms with Gasteiger partial charge in [-0.3, -0.25) is 4.79 Å². The Labute approximate surface area is 91.4 Å². The van der Waals surface area contributed by atoms with Crippen molar-refractivity contribution in [3.63, 3.8) is 0 Å². The lowest BCUT2D eigenvalue weighted by Gasteiger charge is -2.47. The minimum Gasteiger partial charge on any atom is -0.386 e. The zero-order chi connectivity index (χ0) is 11.5. The zero-order valence-corrected chi connectivity index (χ0v) is 9.70. The molecule has 0 radical (unpaired) electrons. The van der Waals surface area contributed by atoms with E-state index in [4.69, 9.17) is 5.73 Å². The van der Waals surface area contributed by atoms with E-state index in [0.717, 1.165) is 19.3 Å². The van der Waals surface area contributed by atoms with Crippen LogP contribution in [0.25, 0.3) is 0 Å². The second-order valence-electron chi connectivity index (χ2n) is 4.65. The van der Waals surface area contributed by atoms with Crippen molar-refractivity contribution in [2.45, 2.75) is 38.7 Å². The Morgan fingerprint density at radius 1 is 1.60 bits per heavy atom. The number of carbonyl (C=O) groups excluding carboxylic acids is 1. The molecule has 4 heteroatoms. The molecule has 1 amide bonds. The van der Waals surface area contributed by atoms with E-state index in [-0.39, 0.29) is 11.8 Å². The highest BCUT2D eigenvalue weighted by Crippen LogP contribution is 2.27. The van der Waals surface area contributed by atoms with Crippen LogP contribution in [0.15, 0.2) is 0 Å². The summed E-state index contributed by atoms with van der Waals surface area (Å²) >= 11 is 0. The number of nitrogens with two attached hydrogens (primary N) is 1. The zero-order valence-electron chi connectivity index (χ0n) is 9.70. The van der Waals surface area contributed by atoms with Crippen LogP contribution in [-0.2, 0) is 4.79 Å². The van der Waals surface area contributed by atoms with E-state index in [1.54, 1.807) is 4.90 Å². The van der Waals surface area contributed by atoms with E-state index in [2.05, 4.69) is 0 Å². The topological polar surface area (TPSA) is 66.6 Å². The van der Waals surface area contributed by atoms with Crippen molar-refractivity contribution in [1.29, 1.82) is 0 Å². The average molecular weight is 214 g/mol. The molecule has 0 aromatic carbocycles. The molecule has 4 nitrogen and oxygen atoms in total. The fraction of sp³-hybridized carbons (Fsp3) is 0.909. The van der Waals surface area contributed by atoms with Crippen LogP contribution in [0.1, 0.15) is 33.1 Å². The average Bonchev–Trinajstić information content (AvgIpc) is 2.13. The third kappa shape index (κ3) is 2.92. The van der Waals surface area contributed by atoms with Gasteiger partial charge in [-0.05, 0) is 19.4 Å². The van der Waals surface area contributed by atoms with Crippen molar-refractivity contribution < 1.29 is 9.90 Å². The van der Waals surface area contributed by atoms with Crippen molar-refractivity contribution in [3.8, 4) is 0 Å². The molecular formula is C11H22N2O2. The second-order valence-corrected chi connectivity index (χ2v) is 4.65. The summed E-state index contributed by atoms with van der Waals surface area (Å²) in [5, 5.41) is 9.92. The molecule has 1 unspecified atom stereocenters. The third-order valence-electron chi connectivity index (χ3n) is 3.02. The molecule has 88 valence electrons. The molecule has 1 aliphatic heterocycles. The lowest BCUT2D eigenvalue weighted by molar-refractivity contribution is -0.160. The van der Waals surface area contributed by atoms with E-state index < -0.39 is 5.60 Å². The van der Waals surface area contributed by atoms with Gasteiger partial charge in [-0.15, -0.1) is 0 Å². The smallest absolute Gasteiger partial charge is 0.225 e. The van der Waals surface area contributed by atoms with Crippen LogP contribution >= 0.6 is 0 Å². The van der Waals surface area contributed by atoms with Crippen molar-refractivity contribution in [1.82, 2.24) is 4.90 Å². The highest BCUT2D eigenvalue weighted by molar-refractivity contribution is 5.79. The summed E-state index contributed by atoms with van der Waals surface area (Å²) in [6, 6.07) is 0. The summed E-state index contributed by atoms with van der Waals surface area (Å²) in [7, 11) is 0. The maximum absolute atomic E-state index is 11.8. The van der Waals surface area contributed by atoms with Gasteiger partial charge in [-0.1, -0.05) is 20.3 Å². The first-order valence-electron chi connectivity index (χ1n) is 5.73. The highest BCUT2D eigenvalue weighted by atomic mass is 16.3. The van der Waals surface area contributed by atoms with Gasteiger partial charge < -0.3 is 15.7 Å². The minimum atomic E-state index is -0.618. The van der Waals surface area contributed by atoms with Crippen LogP contribution in [-0.4, -0.2) is 41.1 Å². The van der Waals surface area contributed by atoms with Gasteiger partial charge in [0.05, 0.1) is 18.7 Å². The summed E-state index contributed by atoms with van der Waals surface area (Å²) in [4.78, 5) is 13.5. The predicted molar refractivity (Wildman–Crippen MR) is 59.3 cm³/mol. The number of rotatable bonds is 5.